The molecular weight excluding hydrogens is 204 g/mol. The summed E-state index contributed by atoms with van der Waals surface area (Å²) in [6, 6.07) is 1.67. The van der Waals surface area contributed by atoms with Crippen molar-refractivity contribution in [3.05, 3.63) is 29.6 Å². The molecule has 0 fully saturated rings. The van der Waals surface area contributed by atoms with E-state index in [9.17, 15) is 9.59 Å². The van der Waals surface area contributed by atoms with Crippen LogP contribution in [0.4, 0.5) is 0 Å². The number of hydrogen-bond donors (Lipinski definition) is 1. The van der Waals surface area contributed by atoms with Crippen LogP contribution in [-0.2, 0) is 4.79 Å². The van der Waals surface area contributed by atoms with Crippen LogP contribution in [0.1, 0.15) is 29.3 Å². The summed E-state index contributed by atoms with van der Waals surface area (Å²) in [6.07, 6.45) is 4.38. The smallest absolute Gasteiger partial charge is 0.216 e. The third-order valence-corrected chi connectivity index (χ3v) is 1.75. The lowest BCUT2D eigenvalue weighted by Crippen LogP contribution is -2.20. The van der Waals surface area contributed by atoms with E-state index in [-0.39, 0.29) is 5.91 Å². The van der Waals surface area contributed by atoms with E-state index in [1.54, 1.807) is 12.3 Å². The largest absolute Gasteiger partial charge is 0.355 e. The molecular formula is C12H12N2O2. The van der Waals surface area contributed by atoms with Crippen LogP contribution in [0.5, 0.6) is 0 Å². The van der Waals surface area contributed by atoms with Gasteiger partial charge in [-0.05, 0) is 6.07 Å². The number of rotatable bonds is 3. The van der Waals surface area contributed by atoms with Crippen LogP contribution < -0.4 is 5.32 Å². The van der Waals surface area contributed by atoms with Gasteiger partial charge in [0.15, 0.2) is 6.29 Å². The van der Waals surface area contributed by atoms with Crippen LogP contribution >= 0.6 is 0 Å². The van der Waals surface area contributed by atoms with Crippen molar-refractivity contribution in [2.45, 2.75) is 13.3 Å². The van der Waals surface area contributed by atoms with E-state index in [2.05, 4.69) is 22.1 Å². The van der Waals surface area contributed by atoms with E-state index < -0.39 is 0 Å². The minimum atomic E-state index is -0.0635. The quantitative estimate of drug-likeness (QED) is 0.461. The van der Waals surface area contributed by atoms with Gasteiger partial charge in [-0.3, -0.25) is 14.6 Å². The van der Waals surface area contributed by atoms with Gasteiger partial charge in [-0.15, -0.1) is 0 Å². The van der Waals surface area contributed by atoms with E-state index in [4.69, 9.17) is 0 Å². The first-order valence-corrected chi connectivity index (χ1v) is 4.86. The van der Waals surface area contributed by atoms with Gasteiger partial charge in [0.2, 0.25) is 5.91 Å². The Bertz CT molecular complexity index is 444. The summed E-state index contributed by atoms with van der Waals surface area (Å²) >= 11 is 0. The highest BCUT2D eigenvalue weighted by Crippen LogP contribution is 1.98. The molecule has 4 heteroatoms. The Hall–Kier alpha value is -2.15. The molecule has 0 saturated carbocycles. The van der Waals surface area contributed by atoms with Crippen LogP contribution in [0.3, 0.4) is 0 Å². The predicted molar refractivity (Wildman–Crippen MR) is 59.8 cm³/mol. The number of nitrogens with one attached hydrogen (secondary N) is 1. The van der Waals surface area contributed by atoms with Gasteiger partial charge in [0, 0.05) is 43.4 Å². The lowest BCUT2D eigenvalue weighted by Gasteiger charge is -1.94. The second-order valence-corrected chi connectivity index (χ2v) is 3.16. The van der Waals surface area contributed by atoms with Crippen molar-refractivity contribution in [2.75, 3.05) is 6.54 Å². The molecule has 1 aromatic heterocycles. The number of aromatic nitrogens is 1. The van der Waals surface area contributed by atoms with Crippen molar-refractivity contribution in [1.82, 2.24) is 10.3 Å². The molecule has 4 nitrogen and oxygen atoms in total. The summed E-state index contributed by atoms with van der Waals surface area (Å²) in [7, 11) is 0. The van der Waals surface area contributed by atoms with Gasteiger partial charge in [-0.25, -0.2) is 0 Å². The Balaban J connectivity index is 2.49. The molecule has 16 heavy (non-hydrogen) atoms. The number of carbonyl (C=O) groups is 2. The first kappa shape index (κ1) is 11.9. The van der Waals surface area contributed by atoms with Crippen molar-refractivity contribution in [3.63, 3.8) is 0 Å². The van der Waals surface area contributed by atoms with Crippen molar-refractivity contribution in [3.8, 4) is 11.8 Å². The molecule has 1 aromatic rings. The van der Waals surface area contributed by atoms with E-state index in [1.807, 2.05) is 0 Å². The van der Waals surface area contributed by atoms with Crippen LogP contribution in [0.2, 0.25) is 0 Å². The summed E-state index contributed by atoms with van der Waals surface area (Å²) in [6.45, 7) is 1.99. The molecule has 0 saturated heterocycles. The van der Waals surface area contributed by atoms with E-state index in [1.165, 1.54) is 13.1 Å². The Morgan fingerprint density at radius 2 is 2.38 bits per heavy atom. The summed E-state index contributed by atoms with van der Waals surface area (Å²) in [5.74, 6) is 5.69. The number of pyridine rings is 1. The highest BCUT2D eigenvalue weighted by atomic mass is 16.1. The summed E-state index contributed by atoms with van der Waals surface area (Å²) in [5, 5.41) is 2.64. The van der Waals surface area contributed by atoms with Crippen LogP contribution in [-0.4, -0.2) is 23.7 Å². The first-order chi connectivity index (χ1) is 7.72. The molecule has 0 aliphatic rings. The van der Waals surface area contributed by atoms with Crippen molar-refractivity contribution in [2.24, 2.45) is 0 Å². The van der Waals surface area contributed by atoms with Crippen molar-refractivity contribution in [1.29, 1.82) is 0 Å². The number of amides is 1. The fourth-order valence-electron chi connectivity index (χ4n) is 1.06. The average Bonchev–Trinajstić information content (AvgIpc) is 2.28. The van der Waals surface area contributed by atoms with Gasteiger partial charge >= 0.3 is 0 Å². The van der Waals surface area contributed by atoms with Gasteiger partial charge in [0.05, 0.1) is 0 Å². The predicted octanol–water partition coefficient (Wildman–Crippen LogP) is 0.772. The zero-order valence-corrected chi connectivity index (χ0v) is 8.99. The lowest BCUT2D eigenvalue weighted by atomic mass is 10.2. The normalized spacial score (nSPS) is 8.81. The number of nitrogens with zero attached hydrogens (tertiary/aromatic N) is 1. The SMILES string of the molecule is CC(=O)NCCC#Cc1cncc(C=O)c1. The fourth-order valence-corrected chi connectivity index (χ4v) is 1.06. The Morgan fingerprint density at radius 3 is 3.06 bits per heavy atom. The summed E-state index contributed by atoms with van der Waals surface area (Å²) in [5.41, 5.74) is 1.21. The monoisotopic (exact) mass is 216 g/mol. The lowest BCUT2D eigenvalue weighted by molar-refractivity contribution is -0.118. The number of carbonyl (C=O) groups excluding carboxylic acids is 2. The molecule has 0 unspecified atom stereocenters. The van der Waals surface area contributed by atoms with Gasteiger partial charge in [-0.1, -0.05) is 11.8 Å². The molecule has 1 heterocycles. The molecule has 0 bridgehead atoms. The van der Waals surface area contributed by atoms with E-state index in [0.717, 1.165) is 6.29 Å². The molecule has 1 rings (SSSR count). The zero-order valence-electron chi connectivity index (χ0n) is 8.99. The topological polar surface area (TPSA) is 59.1 Å². The second kappa shape index (κ2) is 6.36. The van der Waals surface area contributed by atoms with Gasteiger partial charge in [-0.2, -0.15) is 0 Å². The average molecular weight is 216 g/mol. The fraction of sp³-hybridized carbons (Fsp3) is 0.250. The number of hydrogen-bond acceptors (Lipinski definition) is 3. The molecule has 0 atom stereocenters. The molecule has 0 aromatic carbocycles. The highest BCUT2D eigenvalue weighted by molar-refractivity contribution is 5.74. The molecule has 82 valence electrons. The van der Waals surface area contributed by atoms with Crippen molar-refractivity contribution >= 4 is 12.2 Å². The Kier molecular flexibility index (Phi) is 4.74. The maximum absolute atomic E-state index is 10.6. The maximum atomic E-state index is 10.6. The highest BCUT2D eigenvalue weighted by Gasteiger charge is 1.91. The molecule has 0 spiro atoms. The van der Waals surface area contributed by atoms with E-state index >= 15 is 0 Å². The molecule has 0 radical (unpaired) electrons. The van der Waals surface area contributed by atoms with Gasteiger partial charge < -0.3 is 5.32 Å². The van der Waals surface area contributed by atoms with Crippen LogP contribution in [0.15, 0.2) is 18.5 Å². The second-order valence-electron chi connectivity index (χ2n) is 3.16. The van der Waals surface area contributed by atoms with E-state index in [0.29, 0.717) is 24.1 Å². The van der Waals surface area contributed by atoms with Gasteiger partial charge in [0.25, 0.3) is 0 Å². The molecule has 0 aliphatic heterocycles. The first-order valence-electron chi connectivity index (χ1n) is 4.86. The summed E-state index contributed by atoms with van der Waals surface area (Å²) in [4.78, 5) is 24.9. The zero-order chi connectivity index (χ0) is 11.8. The molecule has 0 aliphatic carbocycles. The Morgan fingerprint density at radius 1 is 1.56 bits per heavy atom. The third kappa shape index (κ3) is 4.38. The molecule has 1 N–H and O–H groups in total. The van der Waals surface area contributed by atoms with Crippen LogP contribution in [0.25, 0.3) is 0 Å². The standard InChI is InChI=1S/C12H12N2O2/c1-10(16)14-5-3-2-4-11-6-12(9-15)8-13-7-11/h6-9H,3,5H2,1H3,(H,14,16). The minimum Gasteiger partial charge on any atom is -0.355 e. The maximum Gasteiger partial charge on any atom is 0.216 e. The van der Waals surface area contributed by atoms with Crippen LogP contribution in [0, 0.1) is 11.8 Å². The van der Waals surface area contributed by atoms with Crippen molar-refractivity contribution < 1.29 is 9.59 Å². The summed E-state index contributed by atoms with van der Waals surface area (Å²) < 4.78 is 0. The third-order valence-electron chi connectivity index (χ3n) is 1.75. The Labute approximate surface area is 94.1 Å². The molecule has 1 amide bonds. The van der Waals surface area contributed by atoms with Gasteiger partial charge in [0.1, 0.15) is 0 Å². The number of aldehydes is 1. The minimum absolute atomic E-state index is 0.0635.